The van der Waals surface area contributed by atoms with Gasteiger partial charge in [-0.15, -0.1) is 0 Å². The first-order chi connectivity index (χ1) is 10.7. The lowest BCUT2D eigenvalue weighted by molar-refractivity contribution is -0.139. The van der Waals surface area contributed by atoms with E-state index in [9.17, 15) is 14.4 Å². The molecule has 0 radical (unpaired) electrons. The SMILES string of the molecule is CC(C)C[C@@H](NC(=O)c1ccc(C(=O)NC(C)C)cc1)C(=O)O. The summed E-state index contributed by atoms with van der Waals surface area (Å²) in [4.78, 5) is 35.1. The number of hydrogen-bond donors (Lipinski definition) is 3. The molecule has 6 nitrogen and oxygen atoms in total. The van der Waals surface area contributed by atoms with Gasteiger partial charge in [0, 0.05) is 17.2 Å². The lowest BCUT2D eigenvalue weighted by atomic mass is 10.0. The Morgan fingerprint density at radius 1 is 0.913 bits per heavy atom. The van der Waals surface area contributed by atoms with Crippen molar-refractivity contribution in [2.45, 2.75) is 46.2 Å². The van der Waals surface area contributed by atoms with E-state index in [2.05, 4.69) is 10.6 Å². The van der Waals surface area contributed by atoms with E-state index in [1.165, 1.54) is 12.1 Å². The molecule has 0 aliphatic heterocycles. The molecule has 0 aromatic heterocycles. The van der Waals surface area contributed by atoms with Gasteiger partial charge in [-0.25, -0.2) is 4.79 Å². The quantitative estimate of drug-likeness (QED) is 0.716. The van der Waals surface area contributed by atoms with Crippen LogP contribution >= 0.6 is 0 Å². The molecule has 6 heteroatoms. The van der Waals surface area contributed by atoms with Crippen LogP contribution in [0.15, 0.2) is 24.3 Å². The summed E-state index contributed by atoms with van der Waals surface area (Å²) in [5, 5.41) is 14.4. The topological polar surface area (TPSA) is 95.5 Å². The van der Waals surface area contributed by atoms with Gasteiger partial charge in [-0.3, -0.25) is 9.59 Å². The molecular formula is C17H24N2O4. The highest BCUT2D eigenvalue weighted by Crippen LogP contribution is 2.08. The van der Waals surface area contributed by atoms with Gasteiger partial charge in [0.15, 0.2) is 0 Å². The summed E-state index contributed by atoms with van der Waals surface area (Å²) in [5.74, 6) is -1.58. The maximum absolute atomic E-state index is 12.1. The lowest BCUT2D eigenvalue weighted by Crippen LogP contribution is -2.41. The van der Waals surface area contributed by atoms with Crippen molar-refractivity contribution in [3.63, 3.8) is 0 Å². The molecular weight excluding hydrogens is 296 g/mol. The number of carbonyl (C=O) groups is 3. The van der Waals surface area contributed by atoms with Gasteiger partial charge < -0.3 is 15.7 Å². The van der Waals surface area contributed by atoms with Gasteiger partial charge in [0.2, 0.25) is 0 Å². The summed E-state index contributed by atoms with van der Waals surface area (Å²) in [6, 6.07) is 5.22. The lowest BCUT2D eigenvalue weighted by Gasteiger charge is -2.16. The molecule has 0 saturated heterocycles. The van der Waals surface area contributed by atoms with E-state index < -0.39 is 17.9 Å². The van der Waals surface area contributed by atoms with Crippen LogP contribution < -0.4 is 10.6 Å². The smallest absolute Gasteiger partial charge is 0.326 e. The minimum Gasteiger partial charge on any atom is -0.480 e. The van der Waals surface area contributed by atoms with Gasteiger partial charge in [-0.2, -0.15) is 0 Å². The number of rotatable bonds is 7. The molecule has 1 aromatic rings. The highest BCUT2D eigenvalue weighted by molar-refractivity contribution is 5.99. The standard InChI is InChI=1S/C17H24N2O4/c1-10(2)9-14(17(22)23)19-16(21)13-7-5-12(6-8-13)15(20)18-11(3)4/h5-8,10-11,14H,9H2,1-4H3,(H,18,20)(H,19,21)(H,22,23)/t14-/m1/s1. The van der Waals surface area contributed by atoms with Crippen molar-refractivity contribution in [3.8, 4) is 0 Å². The number of amides is 2. The Morgan fingerprint density at radius 3 is 1.70 bits per heavy atom. The van der Waals surface area contributed by atoms with Gasteiger partial charge >= 0.3 is 5.97 Å². The van der Waals surface area contributed by atoms with Crippen LogP contribution in [0, 0.1) is 5.92 Å². The van der Waals surface area contributed by atoms with E-state index in [4.69, 9.17) is 5.11 Å². The van der Waals surface area contributed by atoms with Gasteiger partial charge in [0.1, 0.15) is 6.04 Å². The van der Waals surface area contributed by atoms with E-state index in [1.54, 1.807) is 12.1 Å². The van der Waals surface area contributed by atoms with Crippen molar-refractivity contribution in [3.05, 3.63) is 35.4 Å². The van der Waals surface area contributed by atoms with E-state index in [0.29, 0.717) is 17.5 Å². The summed E-state index contributed by atoms with van der Waals surface area (Å²) in [7, 11) is 0. The van der Waals surface area contributed by atoms with Gasteiger partial charge in [-0.1, -0.05) is 13.8 Å². The average molecular weight is 320 g/mol. The highest BCUT2D eigenvalue weighted by Gasteiger charge is 2.21. The van der Waals surface area contributed by atoms with Crippen molar-refractivity contribution in [2.24, 2.45) is 5.92 Å². The number of hydrogen-bond acceptors (Lipinski definition) is 3. The predicted molar refractivity (Wildman–Crippen MR) is 87.4 cm³/mol. The normalized spacial score (nSPS) is 12.1. The van der Waals surface area contributed by atoms with Crippen LogP contribution in [0.3, 0.4) is 0 Å². The molecule has 1 aromatic carbocycles. The van der Waals surface area contributed by atoms with Crippen LogP contribution in [0.5, 0.6) is 0 Å². The van der Waals surface area contributed by atoms with Gasteiger partial charge in [-0.05, 0) is 50.5 Å². The molecule has 1 atom stereocenters. The largest absolute Gasteiger partial charge is 0.480 e. The molecule has 3 N–H and O–H groups in total. The third-order valence-corrected chi connectivity index (χ3v) is 3.14. The summed E-state index contributed by atoms with van der Waals surface area (Å²) in [5.41, 5.74) is 0.772. The van der Waals surface area contributed by atoms with Gasteiger partial charge in [0.25, 0.3) is 11.8 Å². The number of nitrogens with one attached hydrogen (secondary N) is 2. The number of carbonyl (C=O) groups excluding carboxylic acids is 2. The molecule has 0 spiro atoms. The van der Waals surface area contributed by atoms with Crippen molar-refractivity contribution >= 4 is 17.8 Å². The Hall–Kier alpha value is -2.37. The summed E-state index contributed by atoms with van der Waals surface area (Å²) < 4.78 is 0. The maximum Gasteiger partial charge on any atom is 0.326 e. The Bertz CT molecular complexity index is 564. The minimum atomic E-state index is -1.06. The second-order valence-electron chi connectivity index (χ2n) is 6.20. The third-order valence-electron chi connectivity index (χ3n) is 3.14. The van der Waals surface area contributed by atoms with Crippen LogP contribution in [0.2, 0.25) is 0 Å². The Balaban J connectivity index is 2.77. The fourth-order valence-electron chi connectivity index (χ4n) is 2.05. The molecule has 23 heavy (non-hydrogen) atoms. The molecule has 0 aliphatic rings. The number of benzene rings is 1. The predicted octanol–water partition coefficient (Wildman–Crippen LogP) is 2.05. The number of carboxylic acids is 1. The third kappa shape index (κ3) is 6.10. The van der Waals surface area contributed by atoms with Gasteiger partial charge in [0.05, 0.1) is 0 Å². The van der Waals surface area contributed by atoms with Crippen LogP contribution in [0.4, 0.5) is 0 Å². The van der Waals surface area contributed by atoms with Crippen LogP contribution in [-0.2, 0) is 4.79 Å². The second kappa shape index (κ2) is 8.31. The zero-order chi connectivity index (χ0) is 17.6. The molecule has 2 amide bonds. The Labute approximate surface area is 136 Å². The summed E-state index contributed by atoms with van der Waals surface area (Å²) >= 11 is 0. The monoisotopic (exact) mass is 320 g/mol. The molecule has 0 fully saturated rings. The molecule has 1 rings (SSSR count). The summed E-state index contributed by atoms with van der Waals surface area (Å²) in [6.07, 6.45) is 0.357. The molecule has 0 bridgehead atoms. The molecule has 0 aliphatic carbocycles. The molecule has 0 heterocycles. The Morgan fingerprint density at radius 2 is 1.35 bits per heavy atom. The number of aliphatic carboxylic acids is 1. The highest BCUT2D eigenvalue weighted by atomic mass is 16.4. The summed E-state index contributed by atoms with van der Waals surface area (Å²) in [6.45, 7) is 7.51. The maximum atomic E-state index is 12.1. The molecule has 0 unspecified atom stereocenters. The van der Waals surface area contributed by atoms with Crippen molar-refractivity contribution in [1.82, 2.24) is 10.6 Å². The van der Waals surface area contributed by atoms with Crippen molar-refractivity contribution < 1.29 is 19.5 Å². The zero-order valence-electron chi connectivity index (χ0n) is 13.9. The molecule has 126 valence electrons. The fraction of sp³-hybridized carbons (Fsp3) is 0.471. The van der Waals surface area contributed by atoms with Crippen molar-refractivity contribution in [2.75, 3.05) is 0 Å². The average Bonchev–Trinajstić information content (AvgIpc) is 2.45. The second-order valence-corrected chi connectivity index (χ2v) is 6.20. The molecule has 0 saturated carbocycles. The van der Waals surface area contributed by atoms with E-state index in [0.717, 1.165) is 0 Å². The van der Waals surface area contributed by atoms with Crippen LogP contribution in [-0.4, -0.2) is 35.0 Å². The van der Waals surface area contributed by atoms with E-state index in [1.807, 2.05) is 27.7 Å². The first kappa shape index (κ1) is 18.7. The van der Waals surface area contributed by atoms with E-state index in [-0.39, 0.29) is 17.9 Å². The number of carboxylic acid groups (broad SMARTS) is 1. The van der Waals surface area contributed by atoms with Crippen LogP contribution in [0.25, 0.3) is 0 Å². The van der Waals surface area contributed by atoms with E-state index >= 15 is 0 Å². The first-order valence-corrected chi connectivity index (χ1v) is 7.65. The van der Waals surface area contributed by atoms with Crippen LogP contribution in [0.1, 0.15) is 54.8 Å². The Kier molecular flexibility index (Phi) is 6.75. The zero-order valence-corrected chi connectivity index (χ0v) is 13.9. The van der Waals surface area contributed by atoms with Crippen molar-refractivity contribution in [1.29, 1.82) is 0 Å². The first-order valence-electron chi connectivity index (χ1n) is 7.65. The minimum absolute atomic E-state index is 0.0258. The fourth-order valence-corrected chi connectivity index (χ4v) is 2.05.